The summed E-state index contributed by atoms with van der Waals surface area (Å²) in [6, 6.07) is 56.1. The normalized spacial score (nSPS) is 11.5. The Bertz CT molecular complexity index is 2570. The van der Waals surface area contributed by atoms with Gasteiger partial charge in [-0.25, -0.2) is 0 Å². The fourth-order valence-corrected chi connectivity index (χ4v) is 7.66. The molecule has 0 fully saturated rings. The first-order valence-corrected chi connectivity index (χ1v) is 16.3. The molecule has 6 aromatic rings. The molecule has 0 radical (unpaired) electrons. The van der Waals surface area contributed by atoms with Crippen LogP contribution in [-0.4, -0.2) is 14.2 Å². The highest BCUT2D eigenvalue weighted by Gasteiger charge is 2.18. The molecule has 0 saturated heterocycles. The van der Waals surface area contributed by atoms with E-state index in [1.165, 1.54) is 75.8 Å². The van der Waals surface area contributed by atoms with Crippen molar-refractivity contribution in [1.82, 2.24) is 0 Å². The van der Waals surface area contributed by atoms with Crippen LogP contribution in [0, 0.1) is 0 Å². The van der Waals surface area contributed by atoms with Gasteiger partial charge in [-0.15, -0.1) is 0 Å². The molecule has 10 rings (SSSR count). The molecule has 0 aliphatic heterocycles. The molecule has 0 heterocycles. The summed E-state index contributed by atoms with van der Waals surface area (Å²) < 4.78 is 11.2. The van der Waals surface area contributed by atoms with Gasteiger partial charge in [0.05, 0.1) is 14.2 Å². The van der Waals surface area contributed by atoms with Crippen molar-refractivity contribution in [3.8, 4) is 33.8 Å². The number of methoxy groups -OCH3 is 2. The number of benzene rings is 6. The van der Waals surface area contributed by atoms with E-state index in [1.807, 2.05) is 24.3 Å². The van der Waals surface area contributed by atoms with Crippen molar-refractivity contribution in [3.63, 3.8) is 0 Å². The summed E-state index contributed by atoms with van der Waals surface area (Å²) in [5, 5.41) is 15.5. The van der Waals surface area contributed by atoms with Gasteiger partial charge in [-0.2, -0.15) is 0 Å². The minimum atomic E-state index is 0.916. The van der Waals surface area contributed by atoms with E-state index in [-0.39, 0.29) is 0 Å². The summed E-state index contributed by atoms with van der Waals surface area (Å²) in [4.78, 5) is 0. The van der Waals surface area contributed by atoms with Gasteiger partial charge in [0, 0.05) is 11.1 Å². The van der Waals surface area contributed by atoms with Crippen LogP contribution in [0.5, 0.6) is 11.5 Å². The van der Waals surface area contributed by atoms with E-state index in [2.05, 4.69) is 133 Å². The molecular formula is C46H32O2. The van der Waals surface area contributed by atoms with Crippen LogP contribution in [0.15, 0.2) is 158 Å². The van der Waals surface area contributed by atoms with Gasteiger partial charge in [0.25, 0.3) is 0 Å². The molecule has 0 bridgehead atoms. The van der Waals surface area contributed by atoms with Gasteiger partial charge in [-0.3, -0.25) is 0 Å². The molecule has 4 aliphatic rings. The topological polar surface area (TPSA) is 18.5 Å². The average Bonchev–Trinajstić information content (AvgIpc) is 3.53. The quantitative estimate of drug-likeness (QED) is 0.180. The van der Waals surface area contributed by atoms with Crippen molar-refractivity contribution < 1.29 is 9.47 Å². The number of hydrogen-bond donors (Lipinski definition) is 0. The second-order valence-corrected chi connectivity index (χ2v) is 12.3. The Labute approximate surface area is 279 Å². The highest BCUT2D eigenvalue weighted by Crippen LogP contribution is 2.45. The van der Waals surface area contributed by atoms with Crippen molar-refractivity contribution in [2.45, 2.75) is 0 Å². The monoisotopic (exact) mass is 616 g/mol. The molecule has 4 aliphatic carbocycles. The highest BCUT2D eigenvalue weighted by molar-refractivity contribution is 6.27. The maximum absolute atomic E-state index is 5.62. The highest BCUT2D eigenvalue weighted by atomic mass is 16.5. The zero-order valence-corrected chi connectivity index (χ0v) is 26.8. The van der Waals surface area contributed by atoms with Crippen LogP contribution in [0.25, 0.3) is 86.9 Å². The van der Waals surface area contributed by atoms with Crippen LogP contribution >= 0.6 is 0 Å². The van der Waals surface area contributed by atoms with Gasteiger partial charge >= 0.3 is 0 Å². The first kappa shape index (κ1) is 28.1. The molecule has 0 N–H and O–H groups in total. The molecule has 0 saturated carbocycles. The van der Waals surface area contributed by atoms with Crippen LogP contribution in [0.3, 0.4) is 0 Å². The Morgan fingerprint density at radius 2 is 0.646 bits per heavy atom. The zero-order chi connectivity index (χ0) is 32.2. The first-order chi connectivity index (χ1) is 23.7. The molecule has 0 spiro atoms. The fourth-order valence-electron chi connectivity index (χ4n) is 7.66. The predicted octanol–water partition coefficient (Wildman–Crippen LogP) is 12.5. The van der Waals surface area contributed by atoms with E-state index in [1.54, 1.807) is 14.2 Å². The van der Waals surface area contributed by atoms with Gasteiger partial charge < -0.3 is 9.47 Å². The van der Waals surface area contributed by atoms with Crippen LogP contribution in [0.1, 0.15) is 0 Å². The molecule has 2 heteroatoms. The summed E-state index contributed by atoms with van der Waals surface area (Å²) in [6.07, 6.45) is 0. The van der Waals surface area contributed by atoms with Crippen LogP contribution < -0.4 is 9.47 Å². The number of hydrogen-bond acceptors (Lipinski definition) is 2. The Hall–Kier alpha value is -6.12. The number of ether oxygens (including phenoxy) is 2. The molecule has 0 unspecified atom stereocenters. The van der Waals surface area contributed by atoms with Gasteiger partial charge in [-0.05, 0) is 100 Å². The SMILES string of the molecule is COc1ccccc2c3c(ccc4ccc5ccccc5c43)cc1-2.COc1ccccc2c3c(ccc4ccc5ccccc5c43)cc1-2. The van der Waals surface area contributed by atoms with E-state index in [0.29, 0.717) is 0 Å². The molecule has 48 heavy (non-hydrogen) atoms. The lowest BCUT2D eigenvalue weighted by Gasteiger charge is -2.07. The number of fused-ring (bicyclic) bond motifs is 14. The molecule has 0 aromatic heterocycles. The van der Waals surface area contributed by atoms with Crippen molar-refractivity contribution in [2.24, 2.45) is 0 Å². The lowest BCUT2D eigenvalue weighted by atomic mass is 9.96. The Morgan fingerprint density at radius 3 is 1.08 bits per heavy atom. The minimum Gasteiger partial charge on any atom is -0.496 e. The zero-order valence-electron chi connectivity index (χ0n) is 26.8. The van der Waals surface area contributed by atoms with Crippen molar-refractivity contribution in [2.75, 3.05) is 14.2 Å². The van der Waals surface area contributed by atoms with Crippen LogP contribution in [-0.2, 0) is 0 Å². The third-order valence-corrected chi connectivity index (χ3v) is 9.82. The Morgan fingerprint density at radius 1 is 0.292 bits per heavy atom. The maximum Gasteiger partial charge on any atom is 0.126 e. The summed E-state index contributed by atoms with van der Waals surface area (Å²) in [7, 11) is 3.47. The number of rotatable bonds is 2. The summed E-state index contributed by atoms with van der Waals surface area (Å²) in [6.45, 7) is 0. The average molecular weight is 617 g/mol. The van der Waals surface area contributed by atoms with Crippen molar-refractivity contribution in [1.29, 1.82) is 0 Å². The Kier molecular flexibility index (Phi) is 6.62. The van der Waals surface area contributed by atoms with E-state index in [4.69, 9.17) is 9.47 Å². The largest absolute Gasteiger partial charge is 0.496 e. The van der Waals surface area contributed by atoms with E-state index in [9.17, 15) is 0 Å². The van der Waals surface area contributed by atoms with Crippen molar-refractivity contribution >= 4 is 64.6 Å². The van der Waals surface area contributed by atoms with Crippen LogP contribution in [0.4, 0.5) is 0 Å². The Balaban J connectivity index is 0.000000131. The fraction of sp³-hybridized carbons (Fsp3) is 0.0435. The van der Waals surface area contributed by atoms with Crippen LogP contribution in [0.2, 0.25) is 0 Å². The van der Waals surface area contributed by atoms with Gasteiger partial charge in [0.1, 0.15) is 11.5 Å². The first-order valence-electron chi connectivity index (χ1n) is 16.3. The molecule has 0 atom stereocenters. The predicted molar refractivity (Wildman–Crippen MR) is 204 cm³/mol. The van der Waals surface area contributed by atoms with Gasteiger partial charge in [0.2, 0.25) is 0 Å². The smallest absolute Gasteiger partial charge is 0.126 e. The summed E-state index contributed by atoms with van der Waals surface area (Å²) in [5.74, 6) is 1.83. The van der Waals surface area contributed by atoms with Gasteiger partial charge in [-0.1, -0.05) is 133 Å². The van der Waals surface area contributed by atoms with E-state index >= 15 is 0 Å². The lowest BCUT2D eigenvalue weighted by molar-refractivity contribution is 0.417. The molecule has 6 aromatic carbocycles. The molecule has 228 valence electrons. The van der Waals surface area contributed by atoms with E-state index < -0.39 is 0 Å². The second kappa shape index (κ2) is 11.3. The second-order valence-electron chi connectivity index (χ2n) is 12.3. The summed E-state index contributed by atoms with van der Waals surface area (Å²) >= 11 is 0. The summed E-state index contributed by atoms with van der Waals surface area (Å²) in [5.41, 5.74) is 4.82. The third kappa shape index (κ3) is 4.34. The lowest BCUT2D eigenvalue weighted by Crippen LogP contribution is -1.82. The minimum absolute atomic E-state index is 0.916. The molecule has 2 nitrogen and oxygen atoms in total. The van der Waals surface area contributed by atoms with Crippen molar-refractivity contribution in [3.05, 3.63) is 158 Å². The standard InChI is InChI=1S/2C23H16O/c2*1-24-21-9-5-4-8-19-20(21)14-17-13-12-16-11-10-15-6-2-3-7-18(15)22(16)23(17)19/h2*2-14H,1H3. The third-order valence-electron chi connectivity index (χ3n) is 9.82. The molecule has 0 amide bonds. The van der Waals surface area contributed by atoms with E-state index in [0.717, 1.165) is 22.6 Å². The van der Waals surface area contributed by atoms with Gasteiger partial charge in [0.15, 0.2) is 0 Å². The maximum atomic E-state index is 5.62. The molecular weight excluding hydrogens is 585 g/mol.